The Morgan fingerprint density at radius 2 is 2.05 bits per heavy atom. The summed E-state index contributed by atoms with van der Waals surface area (Å²) < 4.78 is 0. The van der Waals surface area contributed by atoms with Crippen LogP contribution >= 0.6 is 0 Å². The molecule has 1 aromatic rings. The van der Waals surface area contributed by atoms with Crippen molar-refractivity contribution >= 4 is 11.6 Å². The van der Waals surface area contributed by atoms with Crippen molar-refractivity contribution < 1.29 is 4.79 Å². The van der Waals surface area contributed by atoms with Crippen LogP contribution < -0.4 is 4.90 Å². The van der Waals surface area contributed by atoms with E-state index in [4.69, 9.17) is 0 Å². The largest absolute Gasteiger partial charge is 0.312 e. The van der Waals surface area contributed by atoms with Crippen molar-refractivity contribution in [3.8, 4) is 0 Å². The summed E-state index contributed by atoms with van der Waals surface area (Å²) in [5.41, 5.74) is 2.36. The Morgan fingerprint density at radius 3 is 2.71 bits per heavy atom. The normalized spacial score (nSPS) is 19.3. The molecule has 2 nitrogen and oxygen atoms in total. The van der Waals surface area contributed by atoms with Gasteiger partial charge in [0.1, 0.15) is 0 Å². The third-order valence-corrected chi connectivity index (χ3v) is 4.59. The standard InChI is InChI=1S/C19H27NO/c1-4-7-8-9-12-15(5-2)18-16-13-10-11-14-17(16)20(6-3)19(18)21/h4,7,10-11,13-15,18H,5-6,8-9,12H2,1-3H3. The van der Waals surface area contributed by atoms with E-state index in [1.807, 2.05) is 11.0 Å². The van der Waals surface area contributed by atoms with Crippen molar-refractivity contribution in [2.45, 2.75) is 52.4 Å². The maximum Gasteiger partial charge on any atom is 0.234 e. The van der Waals surface area contributed by atoms with Gasteiger partial charge >= 0.3 is 0 Å². The zero-order valence-electron chi connectivity index (χ0n) is 13.5. The van der Waals surface area contributed by atoms with Gasteiger partial charge < -0.3 is 4.90 Å². The predicted octanol–water partition coefficient (Wildman–Crippen LogP) is 4.91. The monoisotopic (exact) mass is 285 g/mol. The maximum atomic E-state index is 12.8. The lowest BCUT2D eigenvalue weighted by atomic mass is 9.82. The van der Waals surface area contributed by atoms with Gasteiger partial charge in [-0.2, -0.15) is 0 Å². The van der Waals surface area contributed by atoms with Crippen LogP contribution in [-0.4, -0.2) is 12.5 Å². The number of anilines is 1. The van der Waals surface area contributed by atoms with Gasteiger partial charge in [0, 0.05) is 12.2 Å². The first-order valence-corrected chi connectivity index (χ1v) is 8.26. The van der Waals surface area contributed by atoms with Crippen LogP contribution in [0.1, 0.15) is 57.9 Å². The van der Waals surface area contributed by atoms with Gasteiger partial charge in [-0.25, -0.2) is 0 Å². The minimum absolute atomic E-state index is 0.0664. The zero-order valence-corrected chi connectivity index (χ0v) is 13.5. The number of carbonyl (C=O) groups is 1. The molecule has 114 valence electrons. The number of para-hydroxylation sites is 1. The highest BCUT2D eigenvalue weighted by Crippen LogP contribution is 2.43. The molecule has 1 aliphatic rings. The number of likely N-dealkylation sites (N-methyl/N-ethyl adjacent to an activating group) is 1. The number of carbonyl (C=O) groups excluding carboxylic acids is 1. The second kappa shape index (κ2) is 7.44. The Hall–Kier alpha value is -1.57. The molecular formula is C19H27NO. The molecule has 0 fully saturated rings. The van der Waals surface area contributed by atoms with Gasteiger partial charge in [-0.05, 0) is 50.7 Å². The molecular weight excluding hydrogens is 258 g/mol. The lowest BCUT2D eigenvalue weighted by Crippen LogP contribution is -2.31. The van der Waals surface area contributed by atoms with Crippen molar-refractivity contribution in [1.82, 2.24) is 0 Å². The number of allylic oxidation sites excluding steroid dienone is 2. The Kier molecular flexibility index (Phi) is 5.60. The molecule has 0 saturated heterocycles. The number of hydrogen-bond donors (Lipinski definition) is 0. The Labute approximate surface area is 128 Å². The summed E-state index contributed by atoms with van der Waals surface area (Å²) in [5.74, 6) is 0.828. The van der Waals surface area contributed by atoms with Crippen LogP contribution in [-0.2, 0) is 4.79 Å². The Morgan fingerprint density at radius 1 is 1.29 bits per heavy atom. The molecule has 0 N–H and O–H groups in total. The molecule has 1 heterocycles. The molecule has 0 bridgehead atoms. The molecule has 2 rings (SSSR count). The lowest BCUT2D eigenvalue weighted by Gasteiger charge is -2.22. The molecule has 0 aromatic heterocycles. The van der Waals surface area contributed by atoms with Gasteiger partial charge in [-0.1, -0.05) is 43.7 Å². The number of amides is 1. The van der Waals surface area contributed by atoms with Gasteiger partial charge in [0.25, 0.3) is 0 Å². The summed E-state index contributed by atoms with van der Waals surface area (Å²) in [5, 5.41) is 0. The molecule has 1 aliphatic heterocycles. The van der Waals surface area contributed by atoms with E-state index in [1.54, 1.807) is 0 Å². The number of unbranched alkanes of at least 4 members (excludes halogenated alkanes) is 1. The van der Waals surface area contributed by atoms with Crippen molar-refractivity contribution in [2.24, 2.45) is 5.92 Å². The fourth-order valence-electron chi connectivity index (χ4n) is 3.47. The first kappa shape index (κ1) is 15.8. The van der Waals surface area contributed by atoms with Gasteiger partial charge in [0.15, 0.2) is 0 Å². The minimum Gasteiger partial charge on any atom is -0.312 e. The quantitative estimate of drug-likeness (QED) is 0.515. The van der Waals surface area contributed by atoms with Crippen LogP contribution in [0.15, 0.2) is 36.4 Å². The zero-order chi connectivity index (χ0) is 15.2. The molecule has 0 saturated carbocycles. The minimum atomic E-state index is 0.0664. The highest BCUT2D eigenvalue weighted by molar-refractivity contribution is 6.05. The number of rotatable bonds is 7. The maximum absolute atomic E-state index is 12.8. The molecule has 2 atom stereocenters. The van der Waals surface area contributed by atoms with E-state index in [1.165, 1.54) is 12.0 Å². The van der Waals surface area contributed by atoms with Gasteiger partial charge in [0.05, 0.1) is 5.92 Å². The van der Waals surface area contributed by atoms with Crippen LogP contribution in [0, 0.1) is 5.92 Å². The summed E-state index contributed by atoms with van der Waals surface area (Å²) in [4.78, 5) is 14.7. The van der Waals surface area contributed by atoms with Gasteiger partial charge in [-0.15, -0.1) is 0 Å². The number of fused-ring (bicyclic) bond motifs is 1. The van der Waals surface area contributed by atoms with E-state index in [0.29, 0.717) is 11.8 Å². The number of hydrogen-bond acceptors (Lipinski definition) is 1. The SMILES string of the molecule is CC=CCCCC(CC)C1C(=O)N(CC)c2ccccc21. The molecule has 0 radical (unpaired) electrons. The van der Waals surface area contributed by atoms with Crippen molar-refractivity contribution in [3.05, 3.63) is 42.0 Å². The summed E-state index contributed by atoms with van der Waals surface area (Å²) >= 11 is 0. The average Bonchev–Trinajstić information content (AvgIpc) is 2.79. The van der Waals surface area contributed by atoms with Crippen LogP contribution in [0.25, 0.3) is 0 Å². The number of benzene rings is 1. The van der Waals surface area contributed by atoms with Crippen molar-refractivity contribution in [1.29, 1.82) is 0 Å². The van der Waals surface area contributed by atoms with Crippen molar-refractivity contribution in [2.75, 3.05) is 11.4 Å². The smallest absolute Gasteiger partial charge is 0.234 e. The Bertz CT molecular complexity index is 506. The fourth-order valence-corrected chi connectivity index (χ4v) is 3.47. The summed E-state index contributed by atoms with van der Waals surface area (Å²) in [6.45, 7) is 7.10. The molecule has 2 unspecified atom stereocenters. The van der Waals surface area contributed by atoms with Crippen LogP contribution in [0.4, 0.5) is 5.69 Å². The first-order valence-electron chi connectivity index (χ1n) is 8.26. The van der Waals surface area contributed by atoms with Gasteiger partial charge in [-0.3, -0.25) is 4.79 Å². The van der Waals surface area contributed by atoms with Crippen molar-refractivity contribution in [3.63, 3.8) is 0 Å². The molecule has 1 amide bonds. The summed E-state index contributed by atoms with van der Waals surface area (Å²) in [7, 11) is 0. The fraction of sp³-hybridized carbons (Fsp3) is 0.526. The van der Waals surface area contributed by atoms with E-state index in [-0.39, 0.29) is 5.92 Å². The third kappa shape index (κ3) is 3.20. The van der Waals surface area contributed by atoms with Crippen LogP contribution in [0.5, 0.6) is 0 Å². The highest BCUT2D eigenvalue weighted by Gasteiger charge is 2.39. The average molecular weight is 285 g/mol. The topological polar surface area (TPSA) is 20.3 Å². The van der Waals surface area contributed by atoms with Gasteiger partial charge in [0.2, 0.25) is 5.91 Å². The van der Waals surface area contributed by atoms with E-state index in [2.05, 4.69) is 51.1 Å². The lowest BCUT2D eigenvalue weighted by molar-refractivity contribution is -0.120. The number of nitrogens with zero attached hydrogens (tertiary/aromatic N) is 1. The van der Waals surface area contributed by atoms with E-state index in [0.717, 1.165) is 31.5 Å². The third-order valence-electron chi connectivity index (χ3n) is 4.59. The Balaban J connectivity index is 2.19. The molecule has 21 heavy (non-hydrogen) atoms. The van der Waals surface area contributed by atoms with Crippen LogP contribution in [0.3, 0.4) is 0 Å². The second-order valence-corrected chi connectivity index (χ2v) is 5.79. The predicted molar refractivity (Wildman–Crippen MR) is 89.7 cm³/mol. The second-order valence-electron chi connectivity index (χ2n) is 5.79. The molecule has 0 aliphatic carbocycles. The first-order chi connectivity index (χ1) is 10.2. The van der Waals surface area contributed by atoms with E-state index in [9.17, 15) is 4.79 Å². The van der Waals surface area contributed by atoms with E-state index < -0.39 is 0 Å². The van der Waals surface area contributed by atoms with E-state index >= 15 is 0 Å². The summed E-state index contributed by atoms with van der Waals surface area (Å²) in [6.07, 6.45) is 8.81. The molecule has 2 heteroatoms. The van der Waals surface area contributed by atoms with Crippen LogP contribution in [0.2, 0.25) is 0 Å². The molecule has 0 spiro atoms. The summed E-state index contributed by atoms with van der Waals surface area (Å²) in [6, 6.07) is 8.32. The highest BCUT2D eigenvalue weighted by atomic mass is 16.2. The molecule has 1 aromatic carbocycles.